The second-order valence-corrected chi connectivity index (χ2v) is 5.16. The summed E-state index contributed by atoms with van der Waals surface area (Å²) in [6.45, 7) is 3.69. The van der Waals surface area contributed by atoms with Crippen LogP contribution in [-0.2, 0) is 0 Å². The van der Waals surface area contributed by atoms with E-state index < -0.39 is 5.97 Å². The second kappa shape index (κ2) is 5.23. The lowest BCUT2D eigenvalue weighted by Gasteiger charge is -1.99. The minimum absolute atomic E-state index is 0.0605. The van der Waals surface area contributed by atoms with Crippen molar-refractivity contribution in [1.82, 2.24) is 4.98 Å². The summed E-state index contributed by atoms with van der Waals surface area (Å²) in [5, 5.41) is 9.95. The number of rotatable bonds is 3. The molecule has 0 atom stereocenters. The Hall–Kier alpha value is -1.52. The lowest BCUT2D eigenvalue weighted by Crippen LogP contribution is -2.01. The van der Waals surface area contributed by atoms with Gasteiger partial charge < -0.3 is 9.52 Å². The highest BCUT2D eigenvalue weighted by molar-refractivity contribution is 6.36. The van der Waals surface area contributed by atoms with Crippen LogP contribution in [0.1, 0.15) is 36.0 Å². The number of benzene rings is 1. The molecular formula is C13H11Cl2NO3. The third-order valence-electron chi connectivity index (χ3n) is 2.56. The molecule has 100 valence electrons. The molecule has 1 aromatic carbocycles. The van der Waals surface area contributed by atoms with Gasteiger partial charge in [-0.1, -0.05) is 37.0 Å². The van der Waals surface area contributed by atoms with Crippen molar-refractivity contribution in [1.29, 1.82) is 0 Å². The molecule has 6 heteroatoms. The summed E-state index contributed by atoms with van der Waals surface area (Å²) in [6.07, 6.45) is 0. The molecule has 19 heavy (non-hydrogen) atoms. The van der Waals surface area contributed by atoms with Crippen LogP contribution in [0.4, 0.5) is 0 Å². The Labute approximate surface area is 120 Å². The highest BCUT2D eigenvalue weighted by Gasteiger charge is 2.23. The van der Waals surface area contributed by atoms with Gasteiger partial charge in [0, 0.05) is 5.02 Å². The lowest BCUT2D eigenvalue weighted by molar-refractivity contribution is 0.0661. The normalized spacial score (nSPS) is 11.0. The van der Waals surface area contributed by atoms with Gasteiger partial charge in [-0.15, -0.1) is 0 Å². The molecule has 0 saturated heterocycles. The van der Waals surface area contributed by atoms with Crippen LogP contribution in [0.25, 0.3) is 11.5 Å². The number of aromatic nitrogens is 1. The van der Waals surface area contributed by atoms with Crippen LogP contribution in [0.3, 0.4) is 0 Å². The van der Waals surface area contributed by atoms with Gasteiger partial charge in [0.2, 0.25) is 11.7 Å². The molecule has 0 saturated carbocycles. The molecule has 0 aliphatic heterocycles. The predicted octanol–water partition coefficient (Wildman–Crippen LogP) is 4.47. The third kappa shape index (κ3) is 2.74. The predicted molar refractivity (Wildman–Crippen MR) is 73.0 cm³/mol. The van der Waals surface area contributed by atoms with E-state index in [1.807, 2.05) is 13.8 Å². The molecule has 1 heterocycles. The zero-order valence-corrected chi connectivity index (χ0v) is 11.8. The van der Waals surface area contributed by atoms with Gasteiger partial charge >= 0.3 is 5.97 Å². The van der Waals surface area contributed by atoms with Crippen molar-refractivity contribution in [3.63, 3.8) is 0 Å². The molecule has 0 radical (unpaired) electrons. The average Bonchev–Trinajstić information content (AvgIpc) is 2.73. The summed E-state index contributed by atoms with van der Waals surface area (Å²) in [4.78, 5) is 15.3. The van der Waals surface area contributed by atoms with E-state index in [9.17, 15) is 4.79 Å². The zero-order valence-electron chi connectivity index (χ0n) is 10.3. The Morgan fingerprint density at radius 1 is 1.37 bits per heavy atom. The summed E-state index contributed by atoms with van der Waals surface area (Å²) in [5.41, 5.74) is 0.911. The van der Waals surface area contributed by atoms with E-state index in [1.54, 1.807) is 18.2 Å². The van der Waals surface area contributed by atoms with Crippen molar-refractivity contribution in [2.24, 2.45) is 0 Å². The lowest BCUT2D eigenvalue weighted by atomic mass is 10.1. The van der Waals surface area contributed by atoms with E-state index in [2.05, 4.69) is 4.98 Å². The van der Waals surface area contributed by atoms with Crippen LogP contribution in [0.5, 0.6) is 0 Å². The first-order chi connectivity index (χ1) is 8.90. The number of oxazole rings is 1. The van der Waals surface area contributed by atoms with E-state index >= 15 is 0 Å². The molecule has 2 rings (SSSR count). The van der Waals surface area contributed by atoms with Crippen LogP contribution < -0.4 is 0 Å². The smallest absolute Gasteiger partial charge is 0.373 e. The SMILES string of the molecule is CC(C)c1nc(-c2ccc(Cl)cc2Cl)oc1C(=O)O. The molecular weight excluding hydrogens is 289 g/mol. The standard InChI is InChI=1S/C13H11Cl2NO3/c1-6(2)10-11(13(17)18)19-12(16-10)8-4-3-7(14)5-9(8)15/h3-6H,1-2H3,(H,17,18). The Kier molecular flexibility index (Phi) is 3.83. The number of carbonyl (C=O) groups is 1. The first-order valence-corrected chi connectivity index (χ1v) is 6.35. The monoisotopic (exact) mass is 299 g/mol. The molecule has 0 unspecified atom stereocenters. The fourth-order valence-electron chi connectivity index (χ4n) is 1.65. The van der Waals surface area contributed by atoms with Crippen molar-refractivity contribution < 1.29 is 14.3 Å². The van der Waals surface area contributed by atoms with Crippen LogP contribution in [0.2, 0.25) is 10.0 Å². The summed E-state index contributed by atoms with van der Waals surface area (Å²) >= 11 is 11.9. The van der Waals surface area contributed by atoms with Crippen molar-refractivity contribution in [3.05, 3.63) is 39.7 Å². The van der Waals surface area contributed by atoms with Crippen LogP contribution in [0.15, 0.2) is 22.6 Å². The number of hydrogen-bond acceptors (Lipinski definition) is 3. The van der Waals surface area contributed by atoms with Gasteiger partial charge in [0.15, 0.2) is 0 Å². The largest absolute Gasteiger partial charge is 0.475 e. The van der Waals surface area contributed by atoms with Gasteiger partial charge in [-0.05, 0) is 24.1 Å². The molecule has 0 fully saturated rings. The number of carboxylic acids is 1. The maximum atomic E-state index is 11.1. The van der Waals surface area contributed by atoms with Crippen molar-refractivity contribution in [2.75, 3.05) is 0 Å². The van der Waals surface area contributed by atoms with Gasteiger partial charge in [-0.2, -0.15) is 0 Å². The van der Waals surface area contributed by atoms with Gasteiger partial charge in [0.25, 0.3) is 0 Å². The van der Waals surface area contributed by atoms with E-state index in [4.69, 9.17) is 32.7 Å². The summed E-state index contributed by atoms with van der Waals surface area (Å²) in [7, 11) is 0. The molecule has 0 aliphatic carbocycles. The first kappa shape index (κ1) is 13.9. The molecule has 0 spiro atoms. The van der Waals surface area contributed by atoms with E-state index in [-0.39, 0.29) is 17.6 Å². The molecule has 1 N–H and O–H groups in total. The number of hydrogen-bond donors (Lipinski definition) is 1. The van der Waals surface area contributed by atoms with Crippen molar-refractivity contribution in [3.8, 4) is 11.5 Å². The minimum atomic E-state index is -1.15. The highest BCUT2D eigenvalue weighted by Crippen LogP contribution is 2.32. The van der Waals surface area contributed by atoms with E-state index in [1.165, 1.54) is 0 Å². The topological polar surface area (TPSA) is 63.3 Å². The van der Waals surface area contributed by atoms with Crippen LogP contribution >= 0.6 is 23.2 Å². The Balaban J connectivity index is 2.57. The van der Waals surface area contributed by atoms with Gasteiger partial charge in [0.1, 0.15) is 0 Å². The number of carboxylic acid groups (broad SMARTS) is 1. The second-order valence-electron chi connectivity index (χ2n) is 4.32. The summed E-state index contributed by atoms with van der Waals surface area (Å²) < 4.78 is 5.31. The summed E-state index contributed by atoms with van der Waals surface area (Å²) in [6, 6.07) is 4.84. The number of halogens is 2. The van der Waals surface area contributed by atoms with Crippen LogP contribution in [0, 0.1) is 0 Å². The third-order valence-corrected chi connectivity index (χ3v) is 3.10. The Bertz CT molecular complexity index is 635. The van der Waals surface area contributed by atoms with Gasteiger partial charge in [-0.3, -0.25) is 0 Å². The zero-order chi connectivity index (χ0) is 14.2. The highest BCUT2D eigenvalue weighted by atomic mass is 35.5. The number of nitrogens with zero attached hydrogens (tertiary/aromatic N) is 1. The van der Waals surface area contributed by atoms with Crippen molar-refractivity contribution in [2.45, 2.75) is 19.8 Å². The molecule has 0 aliphatic rings. The van der Waals surface area contributed by atoms with Crippen LogP contribution in [-0.4, -0.2) is 16.1 Å². The molecule has 2 aromatic rings. The quantitative estimate of drug-likeness (QED) is 0.908. The fraction of sp³-hybridized carbons (Fsp3) is 0.231. The molecule has 0 bridgehead atoms. The average molecular weight is 300 g/mol. The first-order valence-electron chi connectivity index (χ1n) is 5.59. The van der Waals surface area contributed by atoms with E-state index in [0.717, 1.165) is 0 Å². The fourth-order valence-corrected chi connectivity index (χ4v) is 2.14. The maximum absolute atomic E-state index is 11.1. The van der Waals surface area contributed by atoms with Gasteiger partial charge in [0.05, 0.1) is 16.3 Å². The number of aromatic carboxylic acids is 1. The van der Waals surface area contributed by atoms with Crippen molar-refractivity contribution >= 4 is 29.2 Å². The maximum Gasteiger partial charge on any atom is 0.373 e. The van der Waals surface area contributed by atoms with Gasteiger partial charge in [-0.25, -0.2) is 9.78 Å². The molecule has 1 aromatic heterocycles. The Morgan fingerprint density at radius 2 is 2.05 bits per heavy atom. The molecule has 4 nitrogen and oxygen atoms in total. The summed E-state index contributed by atoms with van der Waals surface area (Å²) in [5.74, 6) is -1.18. The molecule has 0 amide bonds. The Morgan fingerprint density at radius 3 is 2.53 bits per heavy atom. The minimum Gasteiger partial charge on any atom is -0.475 e. The van der Waals surface area contributed by atoms with E-state index in [0.29, 0.717) is 21.3 Å².